The number of urea groups is 1. The van der Waals surface area contributed by atoms with Gasteiger partial charge in [-0.3, -0.25) is 10.2 Å². The molecule has 7 nitrogen and oxygen atoms in total. The Bertz CT molecular complexity index is 601. The van der Waals surface area contributed by atoms with E-state index in [9.17, 15) is 9.59 Å². The number of hydrazine groups is 1. The maximum atomic E-state index is 12.2. The molecule has 2 fully saturated rings. The summed E-state index contributed by atoms with van der Waals surface area (Å²) in [6, 6.07) is 6.69. The van der Waals surface area contributed by atoms with Gasteiger partial charge in [-0.25, -0.2) is 9.80 Å². The lowest BCUT2D eigenvalue weighted by molar-refractivity contribution is -0.117. The van der Waals surface area contributed by atoms with Crippen molar-refractivity contribution in [2.45, 2.75) is 12.5 Å². The van der Waals surface area contributed by atoms with Crippen molar-refractivity contribution in [2.24, 2.45) is 0 Å². The van der Waals surface area contributed by atoms with Crippen molar-refractivity contribution in [2.75, 3.05) is 44.7 Å². The summed E-state index contributed by atoms with van der Waals surface area (Å²) in [7, 11) is 2.06. The molecule has 1 aromatic carbocycles. The van der Waals surface area contributed by atoms with Crippen LogP contribution in [0.15, 0.2) is 24.3 Å². The molecular formula is C16H22ClN5O2. The first kappa shape index (κ1) is 17.0. The minimum absolute atomic E-state index is 0.00206. The highest BCUT2D eigenvalue weighted by Crippen LogP contribution is 2.23. The third-order valence-electron chi connectivity index (χ3n) is 4.36. The van der Waals surface area contributed by atoms with Crippen molar-refractivity contribution in [3.8, 4) is 0 Å². The zero-order valence-corrected chi connectivity index (χ0v) is 14.4. The molecule has 0 aromatic heterocycles. The normalized spacial score (nSPS) is 22.7. The molecule has 2 N–H and O–H groups in total. The minimum Gasteiger partial charge on any atom is -0.332 e. The van der Waals surface area contributed by atoms with Gasteiger partial charge in [0.25, 0.3) is 0 Å². The molecule has 24 heavy (non-hydrogen) atoms. The molecule has 2 aliphatic heterocycles. The first-order valence-corrected chi connectivity index (χ1v) is 8.45. The lowest BCUT2D eigenvalue weighted by Gasteiger charge is -2.32. The highest BCUT2D eigenvalue weighted by atomic mass is 35.5. The number of nitrogens with zero attached hydrogens (tertiary/aromatic N) is 3. The SMILES string of the molecule is CN1CCN(NC(=O)N[C@@H]2CC(=O)N(c3ccc(Cl)cc3)C2)CC1. The molecule has 1 atom stereocenters. The molecule has 8 heteroatoms. The Balaban J connectivity index is 1.50. The number of nitrogens with one attached hydrogen (secondary N) is 2. The van der Waals surface area contributed by atoms with Crippen LogP contribution in [0.2, 0.25) is 5.02 Å². The van der Waals surface area contributed by atoms with Crippen LogP contribution in [0.4, 0.5) is 10.5 Å². The van der Waals surface area contributed by atoms with E-state index in [0.717, 1.165) is 31.9 Å². The summed E-state index contributed by atoms with van der Waals surface area (Å²) in [4.78, 5) is 28.2. The predicted molar refractivity (Wildman–Crippen MR) is 92.9 cm³/mol. The van der Waals surface area contributed by atoms with E-state index in [1.807, 2.05) is 17.1 Å². The quantitative estimate of drug-likeness (QED) is 0.849. The van der Waals surface area contributed by atoms with Crippen molar-refractivity contribution in [1.82, 2.24) is 20.7 Å². The van der Waals surface area contributed by atoms with Gasteiger partial charge in [-0.2, -0.15) is 0 Å². The number of carbonyl (C=O) groups excluding carboxylic acids is 2. The lowest BCUT2D eigenvalue weighted by atomic mass is 10.2. The van der Waals surface area contributed by atoms with Crippen LogP contribution in [0.5, 0.6) is 0 Å². The molecule has 0 unspecified atom stereocenters. The van der Waals surface area contributed by atoms with E-state index in [4.69, 9.17) is 11.6 Å². The predicted octanol–water partition coefficient (Wildman–Crippen LogP) is 0.907. The summed E-state index contributed by atoms with van der Waals surface area (Å²) in [5.41, 5.74) is 3.65. The van der Waals surface area contributed by atoms with Crippen LogP contribution in [0, 0.1) is 0 Å². The number of hydrogen-bond acceptors (Lipinski definition) is 4. The van der Waals surface area contributed by atoms with E-state index >= 15 is 0 Å². The zero-order chi connectivity index (χ0) is 17.1. The van der Waals surface area contributed by atoms with E-state index in [-0.39, 0.29) is 18.0 Å². The second-order valence-electron chi connectivity index (χ2n) is 6.26. The molecule has 130 valence electrons. The second-order valence-corrected chi connectivity index (χ2v) is 6.69. The maximum Gasteiger partial charge on any atom is 0.329 e. The smallest absolute Gasteiger partial charge is 0.329 e. The number of carbonyl (C=O) groups is 2. The monoisotopic (exact) mass is 351 g/mol. The Hall–Kier alpha value is -1.83. The number of rotatable bonds is 3. The van der Waals surface area contributed by atoms with Gasteiger partial charge in [0.15, 0.2) is 0 Å². The topological polar surface area (TPSA) is 67.9 Å². The zero-order valence-electron chi connectivity index (χ0n) is 13.7. The van der Waals surface area contributed by atoms with Crippen molar-refractivity contribution >= 4 is 29.2 Å². The van der Waals surface area contributed by atoms with E-state index in [1.54, 1.807) is 17.0 Å². The summed E-state index contributed by atoms with van der Waals surface area (Å²) in [5.74, 6) is 0.00206. The van der Waals surface area contributed by atoms with Crippen LogP contribution in [-0.4, -0.2) is 67.7 Å². The van der Waals surface area contributed by atoms with Crippen LogP contribution in [0.25, 0.3) is 0 Å². The highest BCUT2D eigenvalue weighted by Gasteiger charge is 2.31. The van der Waals surface area contributed by atoms with Gasteiger partial charge >= 0.3 is 6.03 Å². The molecule has 1 aromatic rings. The van der Waals surface area contributed by atoms with Gasteiger partial charge in [0.2, 0.25) is 5.91 Å². The molecule has 2 aliphatic rings. The average Bonchev–Trinajstić information content (AvgIpc) is 2.90. The minimum atomic E-state index is -0.254. The number of piperazine rings is 1. The molecule has 0 bridgehead atoms. The Morgan fingerprint density at radius 3 is 2.50 bits per heavy atom. The summed E-state index contributed by atoms with van der Waals surface area (Å²) in [6.45, 7) is 3.91. The molecule has 0 radical (unpaired) electrons. The van der Waals surface area contributed by atoms with E-state index < -0.39 is 0 Å². The van der Waals surface area contributed by atoms with Crippen LogP contribution < -0.4 is 15.6 Å². The summed E-state index contributed by atoms with van der Waals surface area (Å²) < 4.78 is 0. The molecule has 0 spiro atoms. The number of amides is 3. The fourth-order valence-electron chi connectivity index (χ4n) is 2.95. The van der Waals surface area contributed by atoms with E-state index in [0.29, 0.717) is 18.0 Å². The summed E-state index contributed by atoms with van der Waals surface area (Å²) in [5, 5.41) is 5.42. The number of hydrogen-bond donors (Lipinski definition) is 2. The largest absolute Gasteiger partial charge is 0.332 e. The number of likely N-dealkylation sites (N-methyl/N-ethyl adjacent to an activating group) is 1. The molecular weight excluding hydrogens is 330 g/mol. The molecule has 3 amide bonds. The van der Waals surface area contributed by atoms with E-state index in [1.165, 1.54) is 0 Å². The Kier molecular flexibility index (Phi) is 5.23. The fraction of sp³-hybridized carbons (Fsp3) is 0.500. The third-order valence-corrected chi connectivity index (χ3v) is 4.61. The number of benzene rings is 1. The number of halogens is 1. The Labute approximate surface area is 146 Å². The third kappa shape index (κ3) is 4.17. The van der Waals surface area contributed by atoms with Crippen molar-refractivity contribution in [3.63, 3.8) is 0 Å². The Morgan fingerprint density at radius 1 is 1.17 bits per heavy atom. The number of anilines is 1. The van der Waals surface area contributed by atoms with Crippen molar-refractivity contribution < 1.29 is 9.59 Å². The molecule has 2 heterocycles. The van der Waals surface area contributed by atoms with Gasteiger partial charge in [0.05, 0.1) is 6.04 Å². The first-order valence-electron chi connectivity index (χ1n) is 8.08. The Morgan fingerprint density at radius 2 is 1.83 bits per heavy atom. The maximum absolute atomic E-state index is 12.2. The van der Waals surface area contributed by atoms with Crippen molar-refractivity contribution in [1.29, 1.82) is 0 Å². The van der Waals surface area contributed by atoms with Crippen LogP contribution in [-0.2, 0) is 4.79 Å². The molecule has 0 saturated carbocycles. The van der Waals surface area contributed by atoms with Gasteiger partial charge in [-0.05, 0) is 31.3 Å². The summed E-state index contributed by atoms with van der Waals surface area (Å²) in [6.07, 6.45) is 0.304. The first-order chi connectivity index (χ1) is 11.5. The van der Waals surface area contributed by atoms with Crippen LogP contribution in [0.3, 0.4) is 0 Å². The molecule has 3 rings (SSSR count). The van der Waals surface area contributed by atoms with Crippen LogP contribution in [0.1, 0.15) is 6.42 Å². The fourth-order valence-corrected chi connectivity index (χ4v) is 3.08. The van der Waals surface area contributed by atoms with Gasteiger partial charge in [-0.15, -0.1) is 0 Å². The van der Waals surface area contributed by atoms with E-state index in [2.05, 4.69) is 22.7 Å². The standard InChI is InChI=1S/C16H22ClN5O2/c1-20-6-8-21(9-7-20)19-16(24)18-13-10-15(23)22(11-13)14-4-2-12(17)3-5-14/h2-5,13H,6-11H2,1H3,(H2,18,19,24)/t13-/m1/s1. The average molecular weight is 352 g/mol. The summed E-state index contributed by atoms with van der Waals surface area (Å²) >= 11 is 5.88. The second kappa shape index (κ2) is 7.38. The molecule has 0 aliphatic carbocycles. The van der Waals surface area contributed by atoms with Gasteiger partial charge in [0.1, 0.15) is 0 Å². The highest BCUT2D eigenvalue weighted by molar-refractivity contribution is 6.30. The molecule has 2 saturated heterocycles. The van der Waals surface area contributed by atoms with Gasteiger partial charge in [-0.1, -0.05) is 11.6 Å². The van der Waals surface area contributed by atoms with Gasteiger partial charge < -0.3 is 15.1 Å². The van der Waals surface area contributed by atoms with Gasteiger partial charge in [0, 0.05) is 49.9 Å². The lowest BCUT2D eigenvalue weighted by Crippen LogP contribution is -2.56. The van der Waals surface area contributed by atoms with Crippen molar-refractivity contribution in [3.05, 3.63) is 29.3 Å². The van der Waals surface area contributed by atoms with Crippen LogP contribution >= 0.6 is 11.6 Å².